The smallest absolute Gasteiger partial charge is 0.259 e. The van der Waals surface area contributed by atoms with Crippen LogP contribution in [-0.4, -0.2) is 43.0 Å². The lowest BCUT2D eigenvalue weighted by atomic mass is 10.1. The largest absolute Gasteiger partial charge is 0.328 e. The molecule has 182 valence electrons. The molecule has 0 aliphatic carbocycles. The Balaban J connectivity index is 1.35. The van der Waals surface area contributed by atoms with E-state index in [9.17, 15) is 14.0 Å². The minimum Gasteiger partial charge on any atom is -0.328 e. The fourth-order valence-electron chi connectivity index (χ4n) is 4.47. The molecule has 0 bridgehead atoms. The van der Waals surface area contributed by atoms with Crippen LogP contribution in [0.25, 0.3) is 0 Å². The first-order valence-electron chi connectivity index (χ1n) is 11.8. The number of likely N-dealkylation sites (tertiary alicyclic amines) is 1. The van der Waals surface area contributed by atoms with Gasteiger partial charge in [0.15, 0.2) is 5.82 Å². The van der Waals surface area contributed by atoms with Crippen LogP contribution in [0.3, 0.4) is 0 Å². The fraction of sp³-hybridized carbons (Fsp3) is 0.222. The van der Waals surface area contributed by atoms with E-state index in [0.717, 1.165) is 18.4 Å². The van der Waals surface area contributed by atoms with Crippen LogP contribution in [0, 0.1) is 12.7 Å². The number of rotatable bonds is 6. The van der Waals surface area contributed by atoms with Crippen molar-refractivity contribution in [3.8, 4) is 0 Å². The van der Waals surface area contributed by atoms with Gasteiger partial charge < -0.3 is 10.2 Å². The molecule has 0 saturated carbocycles. The number of aryl methyl sites for hydroxylation is 1. The van der Waals surface area contributed by atoms with Crippen molar-refractivity contribution in [1.82, 2.24) is 24.6 Å². The van der Waals surface area contributed by atoms with Crippen molar-refractivity contribution in [2.75, 3.05) is 11.9 Å². The Kier molecular flexibility index (Phi) is 6.53. The highest BCUT2D eigenvalue weighted by molar-refractivity contribution is 6.04. The Hall–Kier alpha value is -4.40. The number of benzene rings is 2. The maximum absolute atomic E-state index is 13.6. The van der Waals surface area contributed by atoms with Crippen molar-refractivity contribution >= 4 is 17.5 Å². The van der Waals surface area contributed by atoms with Gasteiger partial charge in [-0.3, -0.25) is 14.3 Å². The Labute approximate surface area is 207 Å². The number of nitrogens with zero attached hydrogens (tertiary/aromatic N) is 5. The summed E-state index contributed by atoms with van der Waals surface area (Å²) < 4.78 is 14.9. The highest BCUT2D eigenvalue weighted by Gasteiger charge is 2.33. The summed E-state index contributed by atoms with van der Waals surface area (Å²) in [4.78, 5) is 37.2. The molecule has 9 heteroatoms. The predicted octanol–water partition coefficient (Wildman–Crippen LogP) is 4.40. The van der Waals surface area contributed by atoms with Crippen LogP contribution in [-0.2, 0) is 6.54 Å². The Morgan fingerprint density at radius 1 is 1.08 bits per heavy atom. The first-order valence-corrected chi connectivity index (χ1v) is 11.8. The Bertz CT molecular complexity index is 1390. The summed E-state index contributed by atoms with van der Waals surface area (Å²) in [6.45, 7) is 2.85. The van der Waals surface area contributed by atoms with Gasteiger partial charge in [-0.25, -0.2) is 14.4 Å². The average molecular weight is 485 g/mol. The molecular formula is C27H25FN6O2. The summed E-state index contributed by atoms with van der Waals surface area (Å²) in [6.07, 6.45) is 6.65. The summed E-state index contributed by atoms with van der Waals surface area (Å²) in [5.41, 5.74) is 2.83. The van der Waals surface area contributed by atoms with Crippen molar-refractivity contribution in [3.05, 3.63) is 107 Å². The number of hydrogen-bond acceptors (Lipinski definition) is 5. The van der Waals surface area contributed by atoms with E-state index in [1.54, 1.807) is 17.8 Å². The van der Waals surface area contributed by atoms with Crippen molar-refractivity contribution in [3.63, 3.8) is 0 Å². The van der Waals surface area contributed by atoms with Crippen LogP contribution in [0.15, 0.2) is 73.2 Å². The highest BCUT2D eigenvalue weighted by atomic mass is 19.1. The average Bonchev–Trinajstić information content (AvgIpc) is 3.58. The molecule has 8 nitrogen and oxygen atoms in total. The van der Waals surface area contributed by atoms with E-state index in [0.29, 0.717) is 41.4 Å². The third-order valence-electron chi connectivity index (χ3n) is 6.30. The normalized spacial score (nSPS) is 15.2. The summed E-state index contributed by atoms with van der Waals surface area (Å²) in [5, 5.41) is 6.99. The van der Waals surface area contributed by atoms with Gasteiger partial charge in [-0.15, -0.1) is 0 Å². The molecule has 1 atom stereocenters. The lowest BCUT2D eigenvalue weighted by Gasteiger charge is -2.25. The topological polar surface area (TPSA) is 93.0 Å². The second kappa shape index (κ2) is 10.1. The first-order chi connectivity index (χ1) is 17.5. The SMILES string of the molecule is Cc1nc([C@@H]2CCCN2C(=O)c2ccccc2Cn2cccn2)ncc1C(=O)Nc1ccc(F)cc1. The van der Waals surface area contributed by atoms with E-state index < -0.39 is 0 Å². The van der Waals surface area contributed by atoms with E-state index in [1.807, 2.05) is 41.4 Å². The van der Waals surface area contributed by atoms with Crippen LogP contribution in [0.5, 0.6) is 0 Å². The summed E-state index contributed by atoms with van der Waals surface area (Å²) in [5.74, 6) is -0.310. The quantitative estimate of drug-likeness (QED) is 0.438. The molecule has 0 radical (unpaired) electrons. The molecule has 1 aliphatic rings. The van der Waals surface area contributed by atoms with Gasteiger partial charge >= 0.3 is 0 Å². The van der Waals surface area contributed by atoms with E-state index in [4.69, 9.17) is 0 Å². The van der Waals surface area contributed by atoms with Crippen molar-refractivity contribution in [1.29, 1.82) is 0 Å². The van der Waals surface area contributed by atoms with E-state index in [2.05, 4.69) is 20.4 Å². The summed E-state index contributed by atoms with van der Waals surface area (Å²) in [6, 6.07) is 14.7. The summed E-state index contributed by atoms with van der Waals surface area (Å²) >= 11 is 0. The molecule has 0 spiro atoms. The number of anilines is 1. The highest BCUT2D eigenvalue weighted by Crippen LogP contribution is 2.32. The lowest BCUT2D eigenvalue weighted by molar-refractivity contribution is 0.0728. The fourth-order valence-corrected chi connectivity index (χ4v) is 4.47. The number of amides is 2. The number of carbonyl (C=O) groups excluding carboxylic acids is 2. The minimum absolute atomic E-state index is 0.0698. The third kappa shape index (κ3) is 4.86. The van der Waals surface area contributed by atoms with Crippen LogP contribution >= 0.6 is 0 Å². The monoisotopic (exact) mass is 484 g/mol. The van der Waals surface area contributed by atoms with Gasteiger partial charge in [0.2, 0.25) is 0 Å². The van der Waals surface area contributed by atoms with Gasteiger partial charge in [0.1, 0.15) is 5.82 Å². The van der Waals surface area contributed by atoms with Gasteiger partial charge in [0.05, 0.1) is 23.8 Å². The van der Waals surface area contributed by atoms with Gasteiger partial charge in [-0.1, -0.05) is 18.2 Å². The van der Waals surface area contributed by atoms with E-state index in [-0.39, 0.29) is 23.7 Å². The molecule has 2 aromatic carbocycles. The second-order valence-electron chi connectivity index (χ2n) is 8.71. The zero-order valence-electron chi connectivity index (χ0n) is 19.8. The van der Waals surface area contributed by atoms with Gasteiger partial charge in [0.25, 0.3) is 11.8 Å². The molecule has 4 aromatic rings. The maximum Gasteiger partial charge on any atom is 0.259 e. The number of nitrogens with one attached hydrogen (secondary N) is 1. The lowest BCUT2D eigenvalue weighted by Crippen LogP contribution is -2.32. The molecular weight excluding hydrogens is 459 g/mol. The standard InChI is InChI=1S/C27H25FN6O2/c1-18-23(26(35)32-21-11-9-20(28)10-12-21)16-29-25(31-18)24-8-4-15-34(24)27(36)22-7-3-2-6-19(22)17-33-14-5-13-30-33/h2-3,5-7,9-14,16,24H,4,8,15,17H2,1H3,(H,32,35)/t24-/m0/s1. The molecule has 1 saturated heterocycles. The van der Waals surface area contributed by atoms with Crippen molar-refractivity contribution in [2.45, 2.75) is 32.4 Å². The summed E-state index contributed by atoms with van der Waals surface area (Å²) in [7, 11) is 0. The van der Waals surface area contributed by atoms with Gasteiger partial charge in [0, 0.05) is 36.4 Å². The number of halogens is 1. The Morgan fingerprint density at radius 2 is 1.89 bits per heavy atom. The zero-order valence-corrected chi connectivity index (χ0v) is 19.8. The number of carbonyl (C=O) groups is 2. The molecule has 2 aromatic heterocycles. The van der Waals surface area contributed by atoms with Crippen LogP contribution in [0.2, 0.25) is 0 Å². The van der Waals surface area contributed by atoms with Crippen molar-refractivity contribution in [2.24, 2.45) is 0 Å². The molecule has 2 amide bonds. The third-order valence-corrected chi connectivity index (χ3v) is 6.30. The second-order valence-corrected chi connectivity index (χ2v) is 8.71. The molecule has 0 unspecified atom stereocenters. The molecule has 36 heavy (non-hydrogen) atoms. The zero-order chi connectivity index (χ0) is 25.1. The van der Waals surface area contributed by atoms with Crippen LogP contribution in [0.1, 0.15) is 56.7 Å². The molecule has 1 fully saturated rings. The first kappa shape index (κ1) is 23.3. The molecule has 3 heterocycles. The van der Waals surface area contributed by atoms with Gasteiger partial charge in [-0.2, -0.15) is 5.10 Å². The number of hydrogen-bond donors (Lipinski definition) is 1. The van der Waals surface area contributed by atoms with E-state index in [1.165, 1.54) is 30.5 Å². The van der Waals surface area contributed by atoms with E-state index >= 15 is 0 Å². The predicted molar refractivity (Wildman–Crippen MR) is 132 cm³/mol. The van der Waals surface area contributed by atoms with Gasteiger partial charge in [-0.05, 0) is 61.7 Å². The number of aromatic nitrogens is 4. The van der Waals surface area contributed by atoms with Crippen molar-refractivity contribution < 1.29 is 14.0 Å². The Morgan fingerprint density at radius 3 is 2.64 bits per heavy atom. The minimum atomic E-state index is -0.378. The molecule has 5 rings (SSSR count). The van der Waals surface area contributed by atoms with Crippen LogP contribution < -0.4 is 5.32 Å². The molecule has 1 N–H and O–H groups in total. The van der Waals surface area contributed by atoms with Crippen LogP contribution in [0.4, 0.5) is 10.1 Å². The molecule has 1 aliphatic heterocycles. The maximum atomic E-state index is 13.6.